The first kappa shape index (κ1) is 22.9. The van der Waals surface area contributed by atoms with Crippen molar-refractivity contribution in [2.45, 2.75) is 56.5 Å². The Labute approximate surface area is 205 Å². The zero-order valence-corrected chi connectivity index (χ0v) is 21.1. The van der Waals surface area contributed by atoms with Gasteiger partial charge in [0, 0.05) is 18.3 Å². The van der Waals surface area contributed by atoms with Crippen molar-refractivity contribution in [3.05, 3.63) is 56.3 Å². The molecule has 1 aliphatic rings. The number of thioether (sulfide) groups is 1. The van der Waals surface area contributed by atoms with Gasteiger partial charge in [0.2, 0.25) is 11.8 Å². The van der Waals surface area contributed by atoms with Gasteiger partial charge in [-0.1, -0.05) is 17.8 Å². The van der Waals surface area contributed by atoms with E-state index in [-0.39, 0.29) is 5.56 Å². The fraction of sp³-hybridized carbons (Fsp3) is 0.417. The lowest BCUT2D eigenvalue weighted by Gasteiger charge is -2.14. The molecule has 0 aliphatic heterocycles. The van der Waals surface area contributed by atoms with Gasteiger partial charge in [-0.2, -0.15) is 0 Å². The topological polar surface area (TPSA) is 92.3 Å². The van der Waals surface area contributed by atoms with Gasteiger partial charge in [0.1, 0.15) is 4.83 Å². The van der Waals surface area contributed by atoms with Crippen LogP contribution in [0.3, 0.4) is 0 Å². The summed E-state index contributed by atoms with van der Waals surface area (Å²) in [6, 6.07) is 5.84. The van der Waals surface area contributed by atoms with Gasteiger partial charge in [-0.25, -0.2) is 4.98 Å². The van der Waals surface area contributed by atoms with Crippen LogP contribution in [-0.2, 0) is 31.6 Å². The maximum absolute atomic E-state index is 13.8. The molecule has 0 bridgehead atoms. The summed E-state index contributed by atoms with van der Waals surface area (Å²) in [5.41, 5.74) is 2.29. The lowest BCUT2D eigenvalue weighted by Crippen LogP contribution is -2.24. The van der Waals surface area contributed by atoms with Crippen LogP contribution in [0.4, 0.5) is 0 Å². The van der Waals surface area contributed by atoms with Gasteiger partial charge in [-0.05, 0) is 55.4 Å². The van der Waals surface area contributed by atoms with Crippen LogP contribution < -0.4 is 15.0 Å². The number of ether oxygens (including phenoxy) is 2. The summed E-state index contributed by atoms with van der Waals surface area (Å²) in [5.74, 6) is 2.86. The van der Waals surface area contributed by atoms with Crippen molar-refractivity contribution in [1.29, 1.82) is 0 Å². The second kappa shape index (κ2) is 9.79. The molecule has 0 unspecified atom stereocenters. The minimum atomic E-state index is 0.0362. The number of hydrogen-bond donors (Lipinski definition) is 0. The molecule has 1 aliphatic carbocycles. The van der Waals surface area contributed by atoms with E-state index in [1.165, 1.54) is 28.6 Å². The molecule has 0 atom stereocenters. The molecule has 0 amide bonds. The average molecular weight is 499 g/mol. The molecule has 178 valence electrons. The van der Waals surface area contributed by atoms with E-state index in [9.17, 15) is 4.79 Å². The molecular weight excluding hydrogens is 472 g/mol. The Bertz CT molecular complexity index is 1390. The van der Waals surface area contributed by atoms with E-state index in [0.29, 0.717) is 47.2 Å². The van der Waals surface area contributed by atoms with Crippen LogP contribution >= 0.6 is 23.1 Å². The Hall–Kier alpha value is -2.85. The highest BCUT2D eigenvalue weighted by Crippen LogP contribution is 2.35. The lowest BCUT2D eigenvalue weighted by molar-refractivity contribution is 0.354. The number of thiophene rings is 1. The second-order valence-electron chi connectivity index (χ2n) is 8.19. The molecule has 3 aromatic heterocycles. The Morgan fingerprint density at radius 1 is 1.15 bits per heavy atom. The van der Waals surface area contributed by atoms with Crippen molar-refractivity contribution in [3.63, 3.8) is 0 Å². The van der Waals surface area contributed by atoms with Gasteiger partial charge >= 0.3 is 0 Å². The van der Waals surface area contributed by atoms with E-state index in [1.54, 1.807) is 37.0 Å². The standard InChI is InChI=1S/C24H26N4O4S2/c1-14-26-27-20(32-14)13-33-24-25-22-21(16-6-4-5-7-19(16)34-22)23(29)28(24)11-10-15-8-9-17(30-2)18(12-15)31-3/h8-9,12H,4-7,10-11,13H2,1-3H3. The maximum Gasteiger partial charge on any atom is 0.263 e. The first-order chi connectivity index (χ1) is 16.6. The normalized spacial score (nSPS) is 13.3. The smallest absolute Gasteiger partial charge is 0.263 e. The number of fused-ring (bicyclic) bond motifs is 3. The van der Waals surface area contributed by atoms with Gasteiger partial charge in [0.05, 0.1) is 25.4 Å². The van der Waals surface area contributed by atoms with Gasteiger partial charge < -0.3 is 13.9 Å². The zero-order chi connectivity index (χ0) is 23.7. The molecule has 34 heavy (non-hydrogen) atoms. The van der Waals surface area contributed by atoms with E-state index in [4.69, 9.17) is 18.9 Å². The Morgan fingerprint density at radius 3 is 2.74 bits per heavy atom. The van der Waals surface area contributed by atoms with E-state index < -0.39 is 0 Å². The zero-order valence-electron chi connectivity index (χ0n) is 19.4. The quantitative estimate of drug-likeness (QED) is 0.257. The highest BCUT2D eigenvalue weighted by molar-refractivity contribution is 7.98. The van der Waals surface area contributed by atoms with Crippen LogP contribution in [0.1, 0.15) is 40.6 Å². The van der Waals surface area contributed by atoms with Gasteiger partial charge in [0.15, 0.2) is 16.7 Å². The number of benzene rings is 1. The van der Waals surface area contributed by atoms with E-state index in [1.807, 2.05) is 18.2 Å². The van der Waals surface area contributed by atoms with Crippen molar-refractivity contribution in [1.82, 2.24) is 19.7 Å². The summed E-state index contributed by atoms with van der Waals surface area (Å²) in [6.45, 7) is 2.27. The molecule has 3 heterocycles. The van der Waals surface area contributed by atoms with Crippen LogP contribution in [-0.4, -0.2) is 34.0 Å². The molecule has 0 saturated carbocycles. The minimum Gasteiger partial charge on any atom is -0.493 e. The fourth-order valence-electron chi connectivity index (χ4n) is 4.33. The van der Waals surface area contributed by atoms with Crippen LogP contribution in [0.5, 0.6) is 11.5 Å². The molecule has 8 nitrogen and oxygen atoms in total. The Balaban J connectivity index is 1.50. The van der Waals surface area contributed by atoms with Crippen LogP contribution in [0, 0.1) is 6.92 Å². The van der Waals surface area contributed by atoms with E-state index >= 15 is 0 Å². The average Bonchev–Trinajstić information content (AvgIpc) is 3.44. The van der Waals surface area contributed by atoms with Crippen LogP contribution in [0.15, 0.2) is 32.6 Å². The molecule has 5 rings (SSSR count). The van der Waals surface area contributed by atoms with Gasteiger partial charge in [-0.15, -0.1) is 21.5 Å². The Morgan fingerprint density at radius 2 is 1.97 bits per heavy atom. The Kier molecular flexibility index (Phi) is 6.60. The van der Waals surface area contributed by atoms with Crippen molar-refractivity contribution in [2.24, 2.45) is 0 Å². The predicted molar refractivity (Wildman–Crippen MR) is 132 cm³/mol. The maximum atomic E-state index is 13.8. The molecule has 1 aromatic carbocycles. The number of aryl methyl sites for hydroxylation is 4. The molecule has 0 fully saturated rings. The summed E-state index contributed by atoms with van der Waals surface area (Å²) < 4.78 is 18.1. The highest BCUT2D eigenvalue weighted by Gasteiger charge is 2.22. The third-order valence-electron chi connectivity index (χ3n) is 6.00. The highest BCUT2D eigenvalue weighted by atomic mass is 32.2. The van der Waals surface area contributed by atoms with E-state index in [2.05, 4.69) is 10.2 Å². The first-order valence-electron chi connectivity index (χ1n) is 11.2. The van der Waals surface area contributed by atoms with Crippen molar-refractivity contribution >= 4 is 33.3 Å². The second-order valence-corrected chi connectivity index (χ2v) is 10.2. The van der Waals surface area contributed by atoms with Crippen LogP contribution in [0.25, 0.3) is 10.2 Å². The predicted octanol–water partition coefficient (Wildman–Crippen LogP) is 4.58. The molecule has 0 spiro atoms. The fourth-order valence-corrected chi connectivity index (χ4v) is 6.49. The van der Waals surface area contributed by atoms with Crippen molar-refractivity contribution in [2.75, 3.05) is 14.2 Å². The number of aromatic nitrogens is 4. The van der Waals surface area contributed by atoms with E-state index in [0.717, 1.165) is 35.0 Å². The molecule has 10 heteroatoms. The SMILES string of the molecule is COc1ccc(CCn2c(SCc3nnc(C)o3)nc3sc4c(c3c2=O)CCCC4)cc1OC. The monoisotopic (exact) mass is 498 g/mol. The van der Waals surface area contributed by atoms with Gasteiger partial charge in [0.25, 0.3) is 5.56 Å². The summed E-state index contributed by atoms with van der Waals surface area (Å²) in [7, 11) is 3.24. The minimum absolute atomic E-state index is 0.0362. The number of rotatable bonds is 8. The largest absolute Gasteiger partial charge is 0.493 e. The number of methoxy groups -OCH3 is 2. The summed E-state index contributed by atoms with van der Waals surface area (Å²) in [6.07, 6.45) is 4.94. The van der Waals surface area contributed by atoms with Gasteiger partial charge in [-0.3, -0.25) is 9.36 Å². The van der Waals surface area contributed by atoms with Crippen molar-refractivity contribution < 1.29 is 13.9 Å². The molecule has 0 radical (unpaired) electrons. The summed E-state index contributed by atoms with van der Waals surface area (Å²) in [4.78, 5) is 20.9. The molecule has 0 N–H and O–H groups in total. The third-order valence-corrected chi connectivity index (χ3v) is 8.15. The lowest BCUT2D eigenvalue weighted by atomic mass is 9.97. The number of nitrogens with zero attached hydrogens (tertiary/aromatic N) is 4. The van der Waals surface area contributed by atoms with Crippen LogP contribution in [0.2, 0.25) is 0 Å². The molecular formula is C24H26N4O4S2. The number of hydrogen-bond acceptors (Lipinski definition) is 9. The molecule has 4 aromatic rings. The first-order valence-corrected chi connectivity index (χ1v) is 13.1. The summed E-state index contributed by atoms with van der Waals surface area (Å²) >= 11 is 3.12. The van der Waals surface area contributed by atoms with Crippen molar-refractivity contribution in [3.8, 4) is 11.5 Å². The third kappa shape index (κ3) is 4.44. The molecule has 0 saturated heterocycles. The summed E-state index contributed by atoms with van der Waals surface area (Å²) in [5, 5.41) is 9.45.